The Labute approximate surface area is 214 Å². The topological polar surface area (TPSA) is 129 Å². The molecular formula is C25H36ClN3O5S. The fourth-order valence-electron chi connectivity index (χ4n) is 3.22. The van der Waals surface area contributed by atoms with Gasteiger partial charge in [-0.3, -0.25) is 13.8 Å². The number of carbonyl (C=O) groups excluding carboxylic acids is 2. The highest BCUT2D eigenvalue weighted by Gasteiger charge is 2.26. The van der Waals surface area contributed by atoms with Gasteiger partial charge in [-0.2, -0.15) is 8.42 Å². The van der Waals surface area contributed by atoms with Gasteiger partial charge in [-0.15, -0.1) is 0 Å². The lowest BCUT2D eigenvalue weighted by molar-refractivity contribution is -0.403. The summed E-state index contributed by atoms with van der Waals surface area (Å²) in [5.41, 5.74) is 5.85. The molecule has 5 N–H and O–H groups in total. The lowest BCUT2D eigenvalue weighted by Gasteiger charge is -2.20. The fourth-order valence-corrected chi connectivity index (χ4v) is 4.32. The van der Waals surface area contributed by atoms with Gasteiger partial charge < -0.3 is 28.8 Å². The number of nitrogens with one attached hydrogen (secondary N) is 2. The molecule has 2 atom stereocenters. The van der Waals surface area contributed by atoms with E-state index in [1.165, 1.54) is 0 Å². The zero-order valence-corrected chi connectivity index (χ0v) is 21.9. The van der Waals surface area contributed by atoms with Gasteiger partial charge in [0.25, 0.3) is 16.0 Å². The van der Waals surface area contributed by atoms with Crippen LogP contribution in [0.4, 0.5) is 0 Å². The van der Waals surface area contributed by atoms with E-state index in [1.807, 2.05) is 74.5 Å². The number of carbonyl (C=O) groups is 2. The SMILES string of the molecule is CC(C)COS(=O)(=O)CCCNC(=O)[C@H](Cc1ccccc1)NC(=O)[C@@H]([NH3+])Cc1ccccc1.[Cl-]. The third-order valence-corrected chi connectivity index (χ3v) is 6.35. The monoisotopic (exact) mass is 525 g/mol. The minimum Gasteiger partial charge on any atom is -1.00 e. The Hall–Kier alpha value is -2.46. The second-order valence-electron chi connectivity index (χ2n) is 8.72. The summed E-state index contributed by atoms with van der Waals surface area (Å²) in [6.07, 6.45) is 0.983. The minimum atomic E-state index is -3.63. The van der Waals surface area contributed by atoms with Crippen LogP contribution in [-0.2, 0) is 36.7 Å². The summed E-state index contributed by atoms with van der Waals surface area (Å²) in [5, 5.41) is 5.56. The Bertz CT molecular complexity index is 1000. The molecule has 0 fully saturated rings. The van der Waals surface area contributed by atoms with Crippen LogP contribution in [0.5, 0.6) is 0 Å². The van der Waals surface area contributed by atoms with Crippen LogP contribution in [0.15, 0.2) is 60.7 Å². The Kier molecular flexibility index (Phi) is 13.6. The van der Waals surface area contributed by atoms with E-state index in [0.29, 0.717) is 12.8 Å². The number of amides is 2. The summed E-state index contributed by atoms with van der Waals surface area (Å²) in [4.78, 5) is 25.7. The maximum atomic E-state index is 12.9. The van der Waals surface area contributed by atoms with Gasteiger partial charge in [0.15, 0.2) is 6.04 Å². The number of quaternary nitrogens is 1. The van der Waals surface area contributed by atoms with Crippen LogP contribution in [0.2, 0.25) is 0 Å². The van der Waals surface area contributed by atoms with Crippen LogP contribution in [0.1, 0.15) is 31.4 Å². The molecule has 2 aromatic carbocycles. The first kappa shape index (κ1) is 30.6. The van der Waals surface area contributed by atoms with Crippen molar-refractivity contribution in [3.05, 3.63) is 71.8 Å². The number of halogens is 1. The molecule has 0 aliphatic rings. The van der Waals surface area contributed by atoms with Crippen LogP contribution in [0, 0.1) is 5.92 Å². The van der Waals surface area contributed by atoms with E-state index in [4.69, 9.17) is 4.18 Å². The van der Waals surface area contributed by atoms with Crippen molar-refractivity contribution < 1.29 is 40.3 Å². The first-order valence-corrected chi connectivity index (χ1v) is 13.1. The summed E-state index contributed by atoms with van der Waals surface area (Å²) in [6.45, 7) is 4.03. The van der Waals surface area contributed by atoms with Crippen LogP contribution in [0.25, 0.3) is 0 Å². The predicted octanol–water partition coefficient (Wildman–Crippen LogP) is -1.92. The van der Waals surface area contributed by atoms with Crippen molar-refractivity contribution in [3.8, 4) is 0 Å². The Morgan fingerprint density at radius 3 is 2.00 bits per heavy atom. The van der Waals surface area contributed by atoms with Crippen LogP contribution >= 0.6 is 0 Å². The molecule has 0 bridgehead atoms. The summed E-state index contributed by atoms with van der Waals surface area (Å²) in [5.74, 6) is -0.766. The second kappa shape index (κ2) is 15.5. The molecule has 35 heavy (non-hydrogen) atoms. The van der Waals surface area contributed by atoms with Gasteiger partial charge in [0.05, 0.1) is 12.4 Å². The van der Waals surface area contributed by atoms with Gasteiger partial charge in [-0.25, -0.2) is 0 Å². The minimum absolute atomic E-state index is 0. The van der Waals surface area contributed by atoms with E-state index in [-0.39, 0.29) is 55.5 Å². The average molecular weight is 526 g/mol. The quantitative estimate of drug-likeness (QED) is 0.196. The largest absolute Gasteiger partial charge is 1.00 e. The number of rotatable bonds is 14. The van der Waals surface area contributed by atoms with Crippen molar-refractivity contribution in [2.75, 3.05) is 18.9 Å². The molecular weight excluding hydrogens is 490 g/mol. The number of hydrogen-bond acceptors (Lipinski definition) is 5. The summed E-state index contributed by atoms with van der Waals surface area (Å²) >= 11 is 0. The lowest BCUT2D eigenvalue weighted by atomic mass is 10.0. The molecule has 0 aliphatic carbocycles. The van der Waals surface area contributed by atoms with E-state index < -0.39 is 22.2 Å². The molecule has 0 spiro atoms. The van der Waals surface area contributed by atoms with Gasteiger partial charge in [0, 0.05) is 19.4 Å². The van der Waals surface area contributed by atoms with E-state index in [1.54, 1.807) is 0 Å². The number of hydrogen-bond donors (Lipinski definition) is 3. The second-order valence-corrected chi connectivity index (χ2v) is 10.5. The third kappa shape index (κ3) is 12.2. The fraction of sp³-hybridized carbons (Fsp3) is 0.440. The van der Waals surface area contributed by atoms with Crippen molar-refractivity contribution in [3.63, 3.8) is 0 Å². The molecule has 2 aromatic rings. The van der Waals surface area contributed by atoms with Crippen molar-refractivity contribution in [2.45, 2.75) is 45.2 Å². The smallest absolute Gasteiger partial charge is 0.279 e. The van der Waals surface area contributed by atoms with E-state index in [2.05, 4.69) is 16.4 Å². The molecule has 0 saturated carbocycles. The predicted molar refractivity (Wildman–Crippen MR) is 131 cm³/mol. The molecule has 0 heterocycles. The lowest BCUT2D eigenvalue weighted by Crippen LogP contribution is -3.00. The molecule has 194 valence electrons. The van der Waals surface area contributed by atoms with Crippen molar-refractivity contribution >= 4 is 21.9 Å². The molecule has 2 amide bonds. The van der Waals surface area contributed by atoms with Gasteiger partial charge in [0.2, 0.25) is 5.91 Å². The average Bonchev–Trinajstić information content (AvgIpc) is 2.81. The first-order valence-electron chi connectivity index (χ1n) is 11.5. The van der Waals surface area contributed by atoms with Gasteiger partial charge in [-0.1, -0.05) is 74.5 Å². The van der Waals surface area contributed by atoms with Crippen LogP contribution < -0.4 is 28.8 Å². The highest BCUT2D eigenvalue weighted by Crippen LogP contribution is 2.06. The Morgan fingerprint density at radius 1 is 0.914 bits per heavy atom. The van der Waals surface area contributed by atoms with Crippen LogP contribution in [0.3, 0.4) is 0 Å². The Balaban J connectivity index is 0.00000612. The van der Waals surface area contributed by atoms with E-state index in [9.17, 15) is 18.0 Å². The summed E-state index contributed by atoms with van der Waals surface area (Å²) < 4.78 is 28.8. The zero-order valence-electron chi connectivity index (χ0n) is 20.3. The molecule has 0 aliphatic heterocycles. The molecule has 0 saturated heterocycles. The zero-order chi connectivity index (χ0) is 25.0. The summed E-state index contributed by atoms with van der Waals surface area (Å²) in [7, 11) is -3.63. The molecule has 10 heteroatoms. The van der Waals surface area contributed by atoms with Crippen molar-refractivity contribution in [1.29, 1.82) is 0 Å². The molecule has 0 unspecified atom stereocenters. The molecule has 0 radical (unpaired) electrons. The van der Waals surface area contributed by atoms with Gasteiger partial charge >= 0.3 is 0 Å². The molecule has 8 nitrogen and oxygen atoms in total. The highest BCUT2D eigenvalue weighted by molar-refractivity contribution is 7.86. The van der Waals surface area contributed by atoms with E-state index >= 15 is 0 Å². The summed E-state index contributed by atoms with van der Waals surface area (Å²) in [6, 6.07) is 17.6. The first-order chi connectivity index (χ1) is 16.2. The normalized spacial score (nSPS) is 12.9. The highest BCUT2D eigenvalue weighted by atomic mass is 35.5. The Morgan fingerprint density at radius 2 is 1.46 bits per heavy atom. The third-order valence-electron chi connectivity index (χ3n) is 5.06. The maximum absolute atomic E-state index is 12.9. The van der Waals surface area contributed by atoms with Crippen molar-refractivity contribution in [1.82, 2.24) is 10.6 Å². The van der Waals surface area contributed by atoms with Gasteiger partial charge in [-0.05, 0) is 23.5 Å². The van der Waals surface area contributed by atoms with Crippen LogP contribution in [-0.4, -0.2) is 51.2 Å². The molecule has 2 rings (SSSR count). The molecule has 0 aromatic heterocycles. The number of benzene rings is 2. The maximum Gasteiger partial charge on any atom is 0.279 e. The van der Waals surface area contributed by atoms with E-state index in [0.717, 1.165) is 11.1 Å². The standard InChI is InChI=1S/C25H35N3O5S.ClH/c1-19(2)18-33-34(31,32)15-9-14-27-25(30)23(17-21-12-7-4-8-13-21)28-24(29)22(26)16-20-10-5-3-6-11-20;/h3-8,10-13,19,22-23H,9,14-18,26H2,1-2H3,(H,27,30)(H,28,29);1H/t22-,23-;/m0./s1. The van der Waals surface area contributed by atoms with Crippen molar-refractivity contribution in [2.24, 2.45) is 5.92 Å². The van der Waals surface area contributed by atoms with Gasteiger partial charge in [0.1, 0.15) is 6.04 Å².